The molecule has 7 heteroatoms. The summed E-state index contributed by atoms with van der Waals surface area (Å²) in [6.07, 6.45) is 3.01. The Morgan fingerprint density at radius 2 is 1.67 bits per heavy atom. The number of nitrogens with zero attached hydrogens (tertiary/aromatic N) is 2. The van der Waals surface area contributed by atoms with Crippen molar-refractivity contribution in [3.8, 4) is 0 Å². The fourth-order valence-corrected chi connectivity index (χ4v) is 3.82. The SMILES string of the molecule is O=C1C(=O)N(Cc2ccccc2)C(c2ccc(Cl)c(Cl)c2)/C1=C(\O)c1ccncc1. The molecule has 0 spiro atoms. The van der Waals surface area contributed by atoms with Crippen molar-refractivity contribution in [3.05, 3.63) is 105 Å². The Labute approximate surface area is 183 Å². The zero-order valence-corrected chi connectivity index (χ0v) is 17.1. The second-order valence-electron chi connectivity index (χ2n) is 6.82. The first-order valence-electron chi connectivity index (χ1n) is 9.15. The topological polar surface area (TPSA) is 70.5 Å². The molecular weight excluding hydrogens is 423 g/mol. The third kappa shape index (κ3) is 3.70. The minimum atomic E-state index is -0.812. The van der Waals surface area contributed by atoms with Crippen LogP contribution < -0.4 is 0 Å². The molecule has 30 heavy (non-hydrogen) atoms. The van der Waals surface area contributed by atoms with E-state index >= 15 is 0 Å². The molecular formula is C23H16Cl2N2O3. The number of amides is 1. The first-order chi connectivity index (χ1) is 14.5. The predicted molar refractivity (Wildman–Crippen MR) is 115 cm³/mol. The lowest BCUT2D eigenvalue weighted by Crippen LogP contribution is -2.29. The van der Waals surface area contributed by atoms with Crippen LogP contribution in [-0.2, 0) is 16.1 Å². The lowest BCUT2D eigenvalue weighted by Gasteiger charge is -2.25. The summed E-state index contributed by atoms with van der Waals surface area (Å²) in [6, 6.07) is 16.6. The molecule has 2 aromatic carbocycles. The Kier molecular flexibility index (Phi) is 5.57. The average molecular weight is 439 g/mol. The number of carbonyl (C=O) groups is 2. The Hall–Kier alpha value is -3.15. The van der Waals surface area contributed by atoms with Crippen molar-refractivity contribution in [1.29, 1.82) is 0 Å². The Morgan fingerprint density at radius 1 is 0.967 bits per heavy atom. The Bertz CT molecular complexity index is 1150. The maximum atomic E-state index is 13.0. The fraction of sp³-hybridized carbons (Fsp3) is 0.0870. The van der Waals surface area contributed by atoms with Gasteiger partial charge in [0, 0.05) is 24.5 Å². The summed E-state index contributed by atoms with van der Waals surface area (Å²) in [4.78, 5) is 31.3. The van der Waals surface area contributed by atoms with Crippen molar-refractivity contribution in [2.75, 3.05) is 0 Å². The highest BCUT2D eigenvalue weighted by Gasteiger charge is 2.46. The van der Waals surface area contributed by atoms with E-state index in [1.165, 1.54) is 17.3 Å². The molecule has 1 unspecified atom stereocenters. The van der Waals surface area contributed by atoms with Gasteiger partial charge in [-0.2, -0.15) is 0 Å². The summed E-state index contributed by atoms with van der Waals surface area (Å²) in [6.45, 7) is 0.198. The second-order valence-corrected chi connectivity index (χ2v) is 7.64. The Morgan fingerprint density at radius 3 is 2.33 bits per heavy atom. The van der Waals surface area contributed by atoms with Crippen LogP contribution in [0.3, 0.4) is 0 Å². The predicted octanol–water partition coefficient (Wildman–Crippen LogP) is 5.01. The van der Waals surface area contributed by atoms with Crippen LogP contribution in [0.15, 0.2) is 78.6 Å². The van der Waals surface area contributed by atoms with E-state index in [0.29, 0.717) is 21.2 Å². The molecule has 5 nitrogen and oxygen atoms in total. The minimum Gasteiger partial charge on any atom is -0.507 e. The molecule has 1 aliphatic heterocycles. The molecule has 0 saturated carbocycles. The van der Waals surface area contributed by atoms with Crippen molar-refractivity contribution in [3.63, 3.8) is 0 Å². The van der Waals surface area contributed by atoms with Crippen molar-refractivity contribution < 1.29 is 14.7 Å². The van der Waals surface area contributed by atoms with Gasteiger partial charge < -0.3 is 10.0 Å². The summed E-state index contributed by atoms with van der Waals surface area (Å²) < 4.78 is 0. The normalized spacial score (nSPS) is 18.1. The van der Waals surface area contributed by atoms with Crippen LogP contribution in [0.4, 0.5) is 0 Å². The number of aromatic nitrogens is 1. The zero-order chi connectivity index (χ0) is 21.3. The summed E-state index contributed by atoms with van der Waals surface area (Å²) in [7, 11) is 0. The summed E-state index contributed by atoms with van der Waals surface area (Å²) in [5, 5.41) is 11.6. The molecule has 0 radical (unpaired) electrons. The van der Waals surface area contributed by atoms with Gasteiger partial charge in [-0.25, -0.2) is 0 Å². The van der Waals surface area contributed by atoms with Crippen molar-refractivity contribution in [2.24, 2.45) is 0 Å². The number of benzene rings is 2. The number of ketones is 1. The lowest BCUT2D eigenvalue weighted by molar-refractivity contribution is -0.140. The number of rotatable bonds is 4. The molecule has 0 aliphatic carbocycles. The maximum Gasteiger partial charge on any atom is 0.295 e. The highest BCUT2D eigenvalue weighted by Crippen LogP contribution is 2.41. The molecule has 1 saturated heterocycles. The van der Waals surface area contributed by atoms with E-state index in [1.807, 2.05) is 30.3 Å². The third-order valence-corrected chi connectivity index (χ3v) is 5.69. The van der Waals surface area contributed by atoms with Gasteiger partial charge in [0.2, 0.25) is 0 Å². The van der Waals surface area contributed by atoms with Crippen LogP contribution in [0, 0.1) is 0 Å². The van der Waals surface area contributed by atoms with E-state index in [2.05, 4.69) is 4.98 Å². The van der Waals surface area contributed by atoms with E-state index in [4.69, 9.17) is 23.2 Å². The smallest absolute Gasteiger partial charge is 0.295 e. The van der Waals surface area contributed by atoms with Crippen LogP contribution in [0.25, 0.3) is 5.76 Å². The van der Waals surface area contributed by atoms with Gasteiger partial charge in [0.15, 0.2) is 0 Å². The zero-order valence-electron chi connectivity index (χ0n) is 15.6. The van der Waals surface area contributed by atoms with Crippen LogP contribution in [0.5, 0.6) is 0 Å². The molecule has 4 rings (SSSR count). The molecule has 150 valence electrons. The van der Waals surface area contributed by atoms with Crippen LogP contribution in [0.1, 0.15) is 22.7 Å². The number of halogens is 2. The molecule has 2 heterocycles. The quantitative estimate of drug-likeness (QED) is 0.353. The molecule has 1 aliphatic rings. The largest absolute Gasteiger partial charge is 0.507 e. The highest BCUT2D eigenvalue weighted by atomic mass is 35.5. The van der Waals surface area contributed by atoms with Gasteiger partial charge in [-0.3, -0.25) is 14.6 Å². The van der Waals surface area contributed by atoms with E-state index < -0.39 is 17.7 Å². The second kappa shape index (κ2) is 8.30. The number of hydrogen-bond donors (Lipinski definition) is 1. The van der Waals surface area contributed by atoms with E-state index in [9.17, 15) is 14.7 Å². The molecule has 1 fully saturated rings. The average Bonchev–Trinajstić information content (AvgIpc) is 3.01. The van der Waals surface area contributed by atoms with Gasteiger partial charge in [-0.15, -0.1) is 0 Å². The lowest BCUT2D eigenvalue weighted by atomic mass is 9.95. The first-order valence-corrected chi connectivity index (χ1v) is 9.90. The minimum absolute atomic E-state index is 0.000482. The number of likely N-dealkylation sites (tertiary alicyclic amines) is 1. The maximum absolute atomic E-state index is 13.0. The van der Waals surface area contributed by atoms with Gasteiger partial charge >= 0.3 is 0 Å². The first kappa shape index (κ1) is 20.1. The van der Waals surface area contributed by atoms with Crippen molar-refractivity contribution in [2.45, 2.75) is 12.6 Å². The molecule has 1 atom stereocenters. The number of aliphatic hydroxyl groups excluding tert-OH is 1. The van der Waals surface area contributed by atoms with Gasteiger partial charge in [0.05, 0.1) is 21.7 Å². The van der Waals surface area contributed by atoms with Crippen molar-refractivity contribution >= 4 is 40.7 Å². The number of pyridine rings is 1. The molecule has 3 aromatic rings. The van der Waals surface area contributed by atoms with Crippen LogP contribution in [0.2, 0.25) is 10.0 Å². The molecule has 1 amide bonds. The Balaban J connectivity index is 1.88. The standard InChI is InChI=1S/C23H16Cl2N2O3/c24-17-7-6-16(12-18(17)25)20-19(21(28)15-8-10-26-11-9-15)22(29)23(30)27(20)13-14-4-2-1-3-5-14/h1-12,20,28H,13H2/b21-19+. The van der Waals surface area contributed by atoms with Crippen LogP contribution >= 0.6 is 23.2 Å². The van der Waals surface area contributed by atoms with Gasteiger partial charge in [-0.1, -0.05) is 59.6 Å². The number of Topliss-reactive ketones (excluding diaryl/α,β-unsaturated/α-hetero) is 1. The number of hydrogen-bond acceptors (Lipinski definition) is 4. The van der Waals surface area contributed by atoms with Gasteiger partial charge in [0.25, 0.3) is 11.7 Å². The summed E-state index contributed by atoms with van der Waals surface area (Å²) in [5.74, 6) is -1.70. The third-order valence-electron chi connectivity index (χ3n) is 4.95. The van der Waals surface area contributed by atoms with Crippen molar-refractivity contribution in [1.82, 2.24) is 9.88 Å². The van der Waals surface area contributed by atoms with E-state index in [0.717, 1.165) is 5.56 Å². The highest BCUT2D eigenvalue weighted by molar-refractivity contribution is 6.46. The van der Waals surface area contributed by atoms with E-state index in [-0.39, 0.29) is 17.9 Å². The number of carbonyl (C=O) groups excluding carboxylic acids is 2. The monoisotopic (exact) mass is 438 g/mol. The van der Waals surface area contributed by atoms with Gasteiger partial charge in [0.1, 0.15) is 5.76 Å². The summed E-state index contributed by atoms with van der Waals surface area (Å²) in [5.41, 5.74) is 1.83. The molecule has 0 bridgehead atoms. The molecule has 1 N–H and O–H groups in total. The van der Waals surface area contributed by atoms with Gasteiger partial charge in [-0.05, 0) is 35.4 Å². The molecule has 1 aromatic heterocycles. The number of aliphatic hydroxyl groups is 1. The summed E-state index contributed by atoms with van der Waals surface area (Å²) >= 11 is 12.3. The fourth-order valence-electron chi connectivity index (χ4n) is 3.52. The van der Waals surface area contributed by atoms with Crippen LogP contribution in [-0.4, -0.2) is 26.7 Å². The van der Waals surface area contributed by atoms with E-state index in [1.54, 1.807) is 30.3 Å².